The molecule has 1 fully saturated rings. The number of amides is 1. The molecular weight excluding hydrogens is 344 g/mol. The number of aromatic nitrogens is 1. The van der Waals surface area contributed by atoms with E-state index in [-0.39, 0.29) is 27.9 Å². The first-order valence-electron chi connectivity index (χ1n) is 7.92. The molecule has 9 heteroatoms. The van der Waals surface area contributed by atoms with Gasteiger partial charge in [0.25, 0.3) is 11.5 Å². The van der Waals surface area contributed by atoms with Gasteiger partial charge in [0.1, 0.15) is 29.2 Å². The molecule has 0 aliphatic carbocycles. The van der Waals surface area contributed by atoms with Crippen LogP contribution in [0.4, 0.5) is 5.69 Å². The van der Waals surface area contributed by atoms with Gasteiger partial charge in [0.2, 0.25) is 0 Å². The number of carbonyl (C=O) groups excluding carboxylic acids is 1. The summed E-state index contributed by atoms with van der Waals surface area (Å²) in [4.78, 5) is 33.2. The standard InChI is InChI=1S/C16H19ClN6O2/c1-3-18-9-20-10(2)21-12-7-11(17)13-14(24)22-16(23(13)15(12)25)5-4-6-19-8-16/h3,7,9,19H,1,4-6,8H2,2H3,(H,22,24)(H,18,20,21). The first-order valence-corrected chi connectivity index (χ1v) is 8.29. The van der Waals surface area contributed by atoms with E-state index in [2.05, 4.69) is 32.5 Å². The van der Waals surface area contributed by atoms with Crippen LogP contribution in [-0.4, -0.2) is 35.7 Å². The van der Waals surface area contributed by atoms with Gasteiger partial charge in [-0.15, -0.1) is 0 Å². The fraction of sp³-hybridized carbons (Fsp3) is 0.375. The Hall–Kier alpha value is -2.45. The number of rotatable bonds is 3. The minimum atomic E-state index is -0.779. The Balaban J connectivity index is 2.06. The molecule has 2 aliphatic rings. The molecule has 3 N–H and O–H groups in total. The summed E-state index contributed by atoms with van der Waals surface area (Å²) in [5, 5.41) is 9.30. The number of hydrogen-bond donors (Lipinski definition) is 3. The van der Waals surface area contributed by atoms with Gasteiger partial charge in [-0.05, 0) is 32.4 Å². The Morgan fingerprint density at radius 1 is 1.52 bits per heavy atom. The van der Waals surface area contributed by atoms with Crippen LogP contribution in [0.25, 0.3) is 0 Å². The van der Waals surface area contributed by atoms with Crippen molar-refractivity contribution >= 4 is 35.4 Å². The van der Waals surface area contributed by atoms with Crippen LogP contribution in [0.3, 0.4) is 0 Å². The number of carbonyl (C=O) groups is 1. The maximum absolute atomic E-state index is 13.0. The van der Waals surface area contributed by atoms with Crippen LogP contribution in [0.1, 0.15) is 30.3 Å². The minimum Gasteiger partial charge on any atom is -0.339 e. The van der Waals surface area contributed by atoms with E-state index in [1.54, 1.807) is 6.92 Å². The SMILES string of the molecule is C=C/N=C\N=C(/C)Nc1cc(Cl)c2n(c1=O)C1(CCCNC1)NC2=O. The minimum absolute atomic E-state index is 0.198. The number of nitrogens with zero attached hydrogens (tertiary/aromatic N) is 3. The molecule has 1 atom stereocenters. The predicted molar refractivity (Wildman–Crippen MR) is 98.7 cm³/mol. The van der Waals surface area contributed by atoms with Crippen molar-refractivity contribution in [3.8, 4) is 0 Å². The van der Waals surface area contributed by atoms with Crippen molar-refractivity contribution in [1.82, 2.24) is 15.2 Å². The number of pyridine rings is 1. The number of amidine groups is 1. The van der Waals surface area contributed by atoms with Crippen molar-refractivity contribution in [2.75, 3.05) is 18.4 Å². The largest absolute Gasteiger partial charge is 0.339 e. The van der Waals surface area contributed by atoms with E-state index in [0.717, 1.165) is 13.0 Å². The molecule has 1 aromatic rings. The number of piperidine rings is 1. The molecular formula is C16H19ClN6O2. The van der Waals surface area contributed by atoms with Crippen LogP contribution in [0.15, 0.2) is 33.6 Å². The Bertz CT molecular complexity index is 836. The summed E-state index contributed by atoms with van der Waals surface area (Å²) in [6.45, 7) is 6.48. The van der Waals surface area contributed by atoms with Crippen LogP contribution in [0, 0.1) is 0 Å². The van der Waals surface area contributed by atoms with E-state index in [4.69, 9.17) is 11.6 Å². The highest BCUT2D eigenvalue weighted by molar-refractivity contribution is 6.34. The second-order valence-electron chi connectivity index (χ2n) is 5.95. The van der Waals surface area contributed by atoms with Crippen molar-refractivity contribution in [3.63, 3.8) is 0 Å². The van der Waals surface area contributed by atoms with Crippen LogP contribution in [0.5, 0.6) is 0 Å². The zero-order valence-corrected chi connectivity index (χ0v) is 14.6. The molecule has 0 radical (unpaired) electrons. The average Bonchev–Trinajstić information content (AvgIpc) is 2.85. The molecule has 1 amide bonds. The number of anilines is 1. The molecule has 8 nitrogen and oxygen atoms in total. The lowest BCUT2D eigenvalue weighted by Crippen LogP contribution is -2.56. The quantitative estimate of drug-likeness (QED) is 0.557. The third-order valence-corrected chi connectivity index (χ3v) is 4.53. The summed E-state index contributed by atoms with van der Waals surface area (Å²) in [6.07, 6.45) is 4.19. The van der Waals surface area contributed by atoms with Crippen molar-refractivity contribution in [2.45, 2.75) is 25.4 Å². The summed E-state index contributed by atoms with van der Waals surface area (Å²) in [6, 6.07) is 1.45. The van der Waals surface area contributed by atoms with Gasteiger partial charge in [-0.2, -0.15) is 0 Å². The molecule has 2 aliphatic heterocycles. The van der Waals surface area contributed by atoms with Gasteiger partial charge < -0.3 is 16.0 Å². The fourth-order valence-corrected chi connectivity index (χ4v) is 3.48. The number of fused-ring (bicyclic) bond motifs is 2. The van der Waals surface area contributed by atoms with Crippen LogP contribution in [-0.2, 0) is 5.66 Å². The van der Waals surface area contributed by atoms with Gasteiger partial charge in [-0.3, -0.25) is 14.2 Å². The van der Waals surface area contributed by atoms with Gasteiger partial charge in [-0.25, -0.2) is 9.98 Å². The molecule has 132 valence electrons. The van der Waals surface area contributed by atoms with E-state index in [1.807, 2.05) is 0 Å². The lowest BCUT2D eigenvalue weighted by molar-refractivity contribution is 0.0892. The van der Waals surface area contributed by atoms with E-state index < -0.39 is 5.66 Å². The van der Waals surface area contributed by atoms with Gasteiger partial charge in [-0.1, -0.05) is 18.2 Å². The van der Waals surface area contributed by atoms with Gasteiger partial charge in [0.15, 0.2) is 0 Å². The molecule has 25 heavy (non-hydrogen) atoms. The first-order chi connectivity index (χ1) is 12.0. The second-order valence-corrected chi connectivity index (χ2v) is 6.35. The van der Waals surface area contributed by atoms with Gasteiger partial charge in [0.05, 0.1) is 5.02 Å². The number of halogens is 1. The number of nitrogens with one attached hydrogen (secondary N) is 3. The highest BCUT2D eigenvalue weighted by atomic mass is 35.5. The smallest absolute Gasteiger partial charge is 0.276 e. The van der Waals surface area contributed by atoms with Crippen molar-refractivity contribution < 1.29 is 4.79 Å². The van der Waals surface area contributed by atoms with Crippen LogP contribution >= 0.6 is 11.6 Å². The Morgan fingerprint density at radius 3 is 3.00 bits per heavy atom. The molecule has 1 aromatic heterocycles. The van der Waals surface area contributed by atoms with Crippen LogP contribution in [0.2, 0.25) is 5.02 Å². The van der Waals surface area contributed by atoms with Gasteiger partial charge in [0, 0.05) is 12.7 Å². The number of hydrogen-bond acceptors (Lipinski definition) is 4. The Morgan fingerprint density at radius 2 is 2.32 bits per heavy atom. The topological polar surface area (TPSA) is 99.9 Å². The molecule has 1 saturated heterocycles. The van der Waals surface area contributed by atoms with Gasteiger partial charge >= 0.3 is 0 Å². The Kier molecular flexibility index (Phi) is 4.73. The highest BCUT2D eigenvalue weighted by Crippen LogP contribution is 2.32. The van der Waals surface area contributed by atoms with E-state index >= 15 is 0 Å². The van der Waals surface area contributed by atoms with Crippen molar-refractivity contribution in [1.29, 1.82) is 0 Å². The molecule has 3 heterocycles. The van der Waals surface area contributed by atoms with E-state index in [1.165, 1.54) is 23.2 Å². The first kappa shape index (κ1) is 17.4. The summed E-state index contributed by atoms with van der Waals surface area (Å²) >= 11 is 6.29. The summed E-state index contributed by atoms with van der Waals surface area (Å²) in [5.74, 6) is 0.133. The molecule has 1 spiro atoms. The summed E-state index contributed by atoms with van der Waals surface area (Å²) in [7, 11) is 0. The molecule has 3 rings (SSSR count). The second kappa shape index (κ2) is 6.81. The van der Waals surface area contributed by atoms with E-state index in [0.29, 0.717) is 18.8 Å². The van der Waals surface area contributed by atoms with Crippen LogP contribution < -0.4 is 21.5 Å². The Labute approximate surface area is 149 Å². The highest BCUT2D eigenvalue weighted by Gasteiger charge is 2.45. The molecule has 0 aromatic carbocycles. The molecule has 1 unspecified atom stereocenters. The third-order valence-electron chi connectivity index (χ3n) is 4.24. The summed E-state index contributed by atoms with van der Waals surface area (Å²) < 4.78 is 1.47. The lowest BCUT2D eigenvalue weighted by Gasteiger charge is -2.35. The normalized spacial score (nSPS) is 23.0. The monoisotopic (exact) mass is 362 g/mol. The summed E-state index contributed by atoms with van der Waals surface area (Å²) in [5.41, 5.74) is -0.651. The van der Waals surface area contributed by atoms with Crippen molar-refractivity contribution in [2.24, 2.45) is 9.98 Å². The number of aliphatic imine (C=N–C) groups is 2. The van der Waals surface area contributed by atoms with Crippen molar-refractivity contribution in [3.05, 3.63) is 39.9 Å². The maximum Gasteiger partial charge on any atom is 0.276 e. The molecule has 0 saturated carbocycles. The lowest BCUT2D eigenvalue weighted by atomic mass is 10.00. The fourth-order valence-electron chi connectivity index (χ4n) is 3.20. The average molecular weight is 363 g/mol. The third kappa shape index (κ3) is 3.10. The van der Waals surface area contributed by atoms with E-state index in [9.17, 15) is 9.59 Å². The molecule has 0 bridgehead atoms. The zero-order valence-electron chi connectivity index (χ0n) is 13.8. The predicted octanol–water partition coefficient (Wildman–Crippen LogP) is 1.28. The maximum atomic E-state index is 13.0. The zero-order chi connectivity index (χ0) is 18.0.